The second kappa shape index (κ2) is 7.40. The minimum atomic E-state index is -0.728. The molecule has 0 radical (unpaired) electrons. The predicted molar refractivity (Wildman–Crippen MR) is 66.1 cm³/mol. The smallest absolute Gasteiger partial charge is 0.202 e. The van der Waals surface area contributed by atoms with Crippen molar-refractivity contribution in [3.8, 4) is 0 Å². The number of ether oxygens (including phenoxy) is 1. The Morgan fingerprint density at radius 2 is 2.44 bits per heavy atom. The first-order valence-corrected chi connectivity index (χ1v) is 6.85. The SMILES string of the molecule is CCS(=O)CCn1ccnc1NCCOC. The van der Waals surface area contributed by atoms with Crippen molar-refractivity contribution < 1.29 is 8.95 Å². The third-order valence-corrected chi connectivity index (χ3v) is 3.47. The van der Waals surface area contributed by atoms with Crippen molar-refractivity contribution in [3.63, 3.8) is 0 Å². The Labute approximate surface area is 98.7 Å². The Morgan fingerprint density at radius 1 is 1.62 bits per heavy atom. The highest BCUT2D eigenvalue weighted by atomic mass is 32.2. The van der Waals surface area contributed by atoms with Crippen molar-refractivity contribution in [1.29, 1.82) is 0 Å². The van der Waals surface area contributed by atoms with E-state index in [9.17, 15) is 4.21 Å². The van der Waals surface area contributed by atoms with Gasteiger partial charge in [0.05, 0.1) is 6.61 Å². The molecule has 0 fully saturated rings. The summed E-state index contributed by atoms with van der Waals surface area (Å²) in [7, 11) is 0.937. The maximum absolute atomic E-state index is 11.3. The molecule has 1 aromatic rings. The van der Waals surface area contributed by atoms with Crippen molar-refractivity contribution in [3.05, 3.63) is 12.4 Å². The van der Waals surface area contributed by atoms with Crippen LogP contribution >= 0.6 is 0 Å². The number of aryl methyl sites for hydroxylation is 1. The molecule has 0 saturated carbocycles. The van der Waals surface area contributed by atoms with Gasteiger partial charge in [0.15, 0.2) is 0 Å². The molecule has 92 valence electrons. The number of nitrogens with one attached hydrogen (secondary N) is 1. The van der Waals surface area contributed by atoms with E-state index < -0.39 is 10.8 Å². The van der Waals surface area contributed by atoms with Gasteiger partial charge in [-0.05, 0) is 0 Å². The van der Waals surface area contributed by atoms with E-state index in [1.165, 1.54) is 0 Å². The number of rotatable bonds is 8. The van der Waals surface area contributed by atoms with Gasteiger partial charge in [-0.15, -0.1) is 0 Å². The van der Waals surface area contributed by atoms with E-state index in [0.29, 0.717) is 18.1 Å². The average Bonchev–Trinajstić information content (AvgIpc) is 2.74. The Morgan fingerprint density at radius 3 is 3.12 bits per heavy atom. The van der Waals surface area contributed by atoms with Gasteiger partial charge < -0.3 is 14.6 Å². The molecule has 1 aromatic heterocycles. The lowest BCUT2D eigenvalue weighted by Crippen LogP contribution is -2.15. The molecule has 0 bridgehead atoms. The zero-order valence-electron chi connectivity index (χ0n) is 9.81. The molecule has 1 rings (SSSR count). The van der Waals surface area contributed by atoms with E-state index in [2.05, 4.69) is 10.3 Å². The van der Waals surface area contributed by atoms with E-state index >= 15 is 0 Å². The molecule has 0 aliphatic carbocycles. The van der Waals surface area contributed by atoms with Crippen molar-refractivity contribution in [1.82, 2.24) is 9.55 Å². The fourth-order valence-corrected chi connectivity index (χ4v) is 1.96. The molecule has 16 heavy (non-hydrogen) atoms. The minimum Gasteiger partial charge on any atom is -0.383 e. The summed E-state index contributed by atoms with van der Waals surface area (Å²) in [6.07, 6.45) is 3.63. The molecule has 1 heterocycles. The van der Waals surface area contributed by atoms with Gasteiger partial charge in [0, 0.05) is 54.9 Å². The number of nitrogens with zero attached hydrogens (tertiary/aromatic N) is 2. The van der Waals surface area contributed by atoms with Crippen LogP contribution in [0.25, 0.3) is 0 Å². The highest BCUT2D eigenvalue weighted by Gasteiger charge is 2.03. The molecule has 5 nitrogen and oxygen atoms in total. The minimum absolute atomic E-state index is 0.647. The van der Waals surface area contributed by atoms with E-state index in [0.717, 1.165) is 19.0 Å². The van der Waals surface area contributed by atoms with Crippen LogP contribution in [0.3, 0.4) is 0 Å². The number of hydrogen-bond donors (Lipinski definition) is 1. The molecule has 1 unspecified atom stereocenters. The molecule has 1 N–H and O–H groups in total. The topological polar surface area (TPSA) is 56.2 Å². The second-order valence-electron chi connectivity index (χ2n) is 3.30. The Kier molecular flexibility index (Phi) is 6.10. The van der Waals surface area contributed by atoms with Gasteiger partial charge in [-0.25, -0.2) is 4.98 Å². The van der Waals surface area contributed by atoms with Crippen molar-refractivity contribution in [2.75, 3.05) is 37.1 Å². The zero-order chi connectivity index (χ0) is 11.8. The normalized spacial score (nSPS) is 12.6. The first kappa shape index (κ1) is 13.2. The van der Waals surface area contributed by atoms with Crippen LogP contribution in [0.15, 0.2) is 12.4 Å². The van der Waals surface area contributed by atoms with E-state index in [1.807, 2.05) is 17.7 Å². The summed E-state index contributed by atoms with van der Waals surface area (Å²) in [6.45, 7) is 4.04. The molecular formula is C10H19N3O2S. The van der Waals surface area contributed by atoms with E-state index in [4.69, 9.17) is 4.74 Å². The predicted octanol–water partition coefficient (Wildman–Crippen LogP) is 0.710. The fraction of sp³-hybridized carbons (Fsp3) is 0.700. The number of imidazole rings is 1. The molecular weight excluding hydrogens is 226 g/mol. The summed E-state index contributed by atoms with van der Waals surface area (Å²) in [5.41, 5.74) is 0. The van der Waals surface area contributed by atoms with Gasteiger partial charge in [0.2, 0.25) is 5.95 Å². The molecule has 0 saturated heterocycles. The number of hydrogen-bond acceptors (Lipinski definition) is 4. The quantitative estimate of drug-likeness (QED) is 0.685. The number of methoxy groups -OCH3 is 1. The summed E-state index contributed by atoms with van der Waals surface area (Å²) in [5.74, 6) is 2.19. The summed E-state index contributed by atoms with van der Waals surface area (Å²) < 4.78 is 18.2. The fourth-order valence-electron chi connectivity index (χ4n) is 1.27. The standard InChI is InChI=1S/C10H19N3O2S/c1-3-16(14)9-7-13-6-4-11-10(13)12-5-8-15-2/h4,6H,3,5,7-9H2,1-2H3,(H,11,12). The summed E-state index contributed by atoms with van der Waals surface area (Å²) in [4.78, 5) is 4.19. The van der Waals surface area contributed by atoms with Crippen molar-refractivity contribution in [2.24, 2.45) is 0 Å². The lowest BCUT2D eigenvalue weighted by atomic mass is 10.6. The molecule has 6 heteroatoms. The lowest BCUT2D eigenvalue weighted by molar-refractivity contribution is 0.210. The van der Waals surface area contributed by atoms with Crippen LogP contribution in [0.4, 0.5) is 5.95 Å². The van der Waals surface area contributed by atoms with Gasteiger partial charge in [0.1, 0.15) is 0 Å². The van der Waals surface area contributed by atoms with Crippen LogP contribution in [0.1, 0.15) is 6.92 Å². The molecule has 0 spiro atoms. The number of anilines is 1. The maximum atomic E-state index is 11.3. The van der Waals surface area contributed by atoms with Gasteiger partial charge in [0.25, 0.3) is 0 Å². The first-order valence-electron chi connectivity index (χ1n) is 5.36. The third-order valence-electron chi connectivity index (χ3n) is 2.19. The molecule has 0 aromatic carbocycles. The molecule has 1 atom stereocenters. The Balaban J connectivity index is 2.40. The Hall–Kier alpha value is -0.880. The first-order chi connectivity index (χ1) is 7.77. The second-order valence-corrected chi connectivity index (χ2v) is 5.16. The Bertz CT molecular complexity index is 328. The third kappa shape index (κ3) is 4.32. The summed E-state index contributed by atoms with van der Waals surface area (Å²) in [5, 5.41) is 3.16. The largest absolute Gasteiger partial charge is 0.383 e. The van der Waals surface area contributed by atoms with Crippen LogP contribution in [0.5, 0.6) is 0 Å². The van der Waals surface area contributed by atoms with Gasteiger partial charge >= 0.3 is 0 Å². The summed E-state index contributed by atoms with van der Waals surface area (Å²) >= 11 is 0. The van der Waals surface area contributed by atoms with Gasteiger partial charge in [-0.2, -0.15) is 0 Å². The van der Waals surface area contributed by atoms with Crippen LogP contribution in [0.2, 0.25) is 0 Å². The van der Waals surface area contributed by atoms with Gasteiger partial charge in [-0.1, -0.05) is 6.92 Å². The monoisotopic (exact) mass is 245 g/mol. The van der Waals surface area contributed by atoms with Crippen LogP contribution in [0, 0.1) is 0 Å². The highest BCUT2D eigenvalue weighted by molar-refractivity contribution is 7.84. The average molecular weight is 245 g/mol. The van der Waals surface area contributed by atoms with Gasteiger partial charge in [-0.3, -0.25) is 4.21 Å². The van der Waals surface area contributed by atoms with Crippen LogP contribution in [-0.2, 0) is 22.1 Å². The van der Waals surface area contributed by atoms with E-state index in [-0.39, 0.29) is 0 Å². The maximum Gasteiger partial charge on any atom is 0.202 e. The van der Waals surface area contributed by atoms with Crippen molar-refractivity contribution >= 4 is 16.7 Å². The lowest BCUT2D eigenvalue weighted by Gasteiger charge is -2.08. The molecule has 0 aliphatic rings. The summed E-state index contributed by atoms with van der Waals surface area (Å²) in [6, 6.07) is 0. The zero-order valence-corrected chi connectivity index (χ0v) is 10.6. The highest BCUT2D eigenvalue weighted by Crippen LogP contribution is 2.03. The van der Waals surface area contributed by atoms with Crippen molar-refractivity contribution in [2.45, 2.75) is 13.5 Å². The van der Waals surface area contributed by atoms with Crippen LogP contribution < -0.4 is 5.32 Å². The number of aromatic nitrogens is 2. The molecule has 0 amide bonds. The van der Waals surface area contributed by atoms with Crippen LogP contribution in [-0.4, -0.2) is 45.5 Å². The van der Waals surface area contributed by atoms with E-state index in [1.54, 1.807) is 13.3 Å². The molecule has 0 aliphatic heterocycles.